The summed E-state index contributed by atoms with van der Waals surface area (Å²) in [6.45, 7) is 3.88. The number of thioether (sulfide) groups is 1. The van der Waals surface area contributed by atoms with Crippen LogP contribution in [0.25, 0.3) is 0 Å². The molecule has 152 valence electrons. The summed E-state index contributed by atoms with van der Waals surface area (Å²) < 4.78 is 0. The van der Waals surface area contributed by atoms with Crippen LogP contribution >= 0.6 is 11.8 Å². The standard InChI is InChI=1S/C21H29N3O3S/c1-22-20(26)9-8-16(15-25)24-14-18-17(21(24)27)6-5-7-19(18)28-13-12-23-10-3-2-4-11-23/h5-7,15-16H,2-4,8-14H2,1H3,(H,22,26). The van der Waals surface area contributed by atoms with Crippen molar-refractivity contribution < 1.29 is 14.4 Å². The summed E-state index contributed by atoms with van der Waals surface area (Å²) in [6, 6.07) is 5.26. The van der Waals surface area contributed by atoms with Crippen LogP contribution in [0, 0.1) is 0 Å². The van der Waals surface area contributed by atoms with Crippen LogP contribution in [0.1, 0.15) is 48.0 Å². The van der Waals surface area contributed by atoms with Crippen molar-refractivity contribution in [3.05, 3.63) is 29.3 Å². The molecule has 0 aliphatic carbocycles. The van der Waals surface area contributed by atoms with Crippen molar-refractivity contribution in [2.45, 2.75) is 49.6 Å². The molecule has 1 atom stereocenters. The molecule has 1 unspecified atom stereocenters. The molecule has 0 bridgehead atoms. The number of aldehydes is 1. The van der Waals surface area contributed by atoms with Crippen molar-refractivity contribution in [3.63, 3.8) is 0 Å². The van der Waals surface area contributed by atoms with Crippen LogP contribution < -0.4 is 5.32 Å². The fourth-order valence-corrected chi connectivity index (χ4v) is 4.99. The molecule has 0 radical (unpaired) electrons. The molecule has 0 spiro atoms. The molecule has 1 aromatic rings. The van der Waals surface area contributed by atoms with Gasteiger partial charge in [0, 0.05) is 42.8 Å². The third-order valence-electron chi connectivity index (χ3n) is 5.57. The normalized spacial score (nSPS) is 18.0. The maximum atomic E-state index is 12.8. The first-order valence-electron chi connectivity index (χ1n) is 10.1. The summed E-state index contributed by atoms with van der Waals surface area (Å²) >= 11 is 1.79. The number of carbonyl (C=O) groups excluding carboxylic acids is 3. The predicted octanol–water partition coefficient (Wildman–Crippen LogP) is 2.31. The van der Waals surface area contributed by atoms with E-state index in [0.29, 0.717) is 18.5 Å². The number of hydrogen-bond acceptors (Lipinski definition) is 5. The van der Waals surface area contributed by atoms with Crippen LogP contribution in [0.4, 0.5) is 0 Å². The van der Waals surface area contributed by atoms with Gasteiger partial charge in [-0.3, -0.25) is 9.59 Å². The van der Waals surface area contributed by atoms with Crippen LogP contribution in [-0.4, -0.2) is 66.4 Å². The highest BCUT2D eigenvalue weighted by atomic mass is 32.2. The summed E-state index contributed by atoms with van der Waals surface area (Å²) in [7, 11) is 1.57. The Balaban J connectivity index is 1.62. The number of piperidine rings is 1. The Kier molecular flexibility index (Phi) is 7.50. The van der Waals surface area contributed by atoms with Gasteiger partial charge in [0.25, 0.3) is 5.91 Å². The zero-order valence-electron chi connectivity index (χ0n) is 16.5. The lowest BCUT2D eigenvalue weighted by Gasteiger charge is -2.26. The number of carbonyl (C=O) groups is 3. The fourth-order valence-electron chi connectivity index (χ4n) is 3.90. The highest BCUT2D eigenvalue weighted by molar-refractivity contribution is 7.99. The third-order valence-corrected chi connectivity index (χ3v) is 6.65. The molecule has 2 heterocycles. The summed E-state index contributed by atoms with van der Waals surface area (Å²) in [6.07, 6.45) is 5.29. The molecule has 7 heteroatoms. The summed E-state index contributed by atoms with van der Waals surface area (Å²) in [4.78, 5) is 41.2. The number of nitrogens with one attached hydrogen (secondary N) is 1. The molecule has 2 amide bonds. The first kappa shape index (κ1) is 20.9. The number of likely N-dealkylation sites (tertiary alicyclic amines) is 1. The Morgan fingerprint density at radius 3 is 2.79 bits per heavy atom. The Morgan fingerprint density at radius 2 is 2.07 bits per heavy atom. The highest BCUT2D eigenvalue weighted by Gasteiger charge is 2.34. The minimum Gasteiger partial charge on any atom is -0.359 e. The minimum atomic E-state index is -0.566. The smallest absolute Gasteiger partial charge is 0.255 e. The number of nitrogens with zero attached hydrogens (tertiary/aromatic N) is 2. The Hall–Kier alpha value is -1.86. The van der Waals surface area contributed by atoms with Gasteiger partial charge in [-0.2, -0.15) is 0 Å². The van der Waals surface area contributed by atoms with E-state index >= 15 is 0 Å². The lowest BCUT2D eigenvalue weighted by atomic mass is 10.1. The third kappa shape index (κ3) is 4.94. The lowest BCUT2D eigenvalue weighted by Crippen LogP contribution is -2.37. The van der Waals surface area contributed by atoms with Gasteiger partial charge in [-0.1, -0.05) is 12.5 Å². The zero-order chi connectivity index (χ0) is 19.9. The van der Waals surface area contributed by atoms with Crippen LogP contribution in [-0.2, 0) is 16.1 Å². The molecule has 28 heavy (non-hydrogen) atoms. The number of hydrogen-bond donors (Lipinski definition) is 1. The molecule has 2 aliphatic heterocycles. The van der Waals surface area contributed by atoms with E-state index in [2.05, 4.69) is 16.3 Å². The molecule has 1 fully saturated rings. The molecular weight excluding hydrogens is 374 g/mol. The molecule has 6 nitrogen and oxygen atoms in total. The Bertz CT molecular complexity index is 719. The van der Waals surface area contributed by atoms with E-state index in [4.69, 9.17) is 0 Å². The van der Waals surface area contributed by atoms with Gasteiger partial charge in [-0.25, -0.2) is 0 Å². The van der Waals surface area contributed by atoms with Crippen LogP contribution in [0.15, 0.2) is 23.1 Å². The van der Waals surface area contributed by atoms with E-state index < -0.39 is 6.04 Å². The quantitative estimate of drug-likeness (QED) is 0.506. The lowest BCUT2D eigenvalue weighted by molar-refractivity contribution is -0.121. The second-order valence-electron chi connectivity index (χ2n) is 7.38. The van der Waals surface area contributed by atoms with Crippen molar-refractivity contribution in [2.24, 2.45) is 0 Å². The van der Waals surface area contributed by atoms with Crippen molar-refractivity contribution in [3.8, 4) is 0 Å². The van der Waals surface area contributed by atoms with Gasteiger partial charge in [0.1, 0.15) is 6.29 Å². The van der Waals surface area contributed by atoms with E-state index in [9.17, 15) is 14.4 Å². The van der Waals surface area contributed by atoms with Crippen LogP contribution in [0.3, 0.4) is 0 Å². The SMILES string of the molecule is CNC(=O)CCC(C=O)N1Cc2c(SCCN3CCCCC3)cccc2C1=O. The average molecular weight is 404 g/mol. The second-order valence-corrected chi connectivity index (χ2v) is 8.52. The number of fused-ring (bicyclic) bond motifs is 1. The number of amides is 2. The largest absolute Gasteiger partial charge is 0.359 e. The second kappa shape index (κ2) is 10.1. The van der Waals surface area contributed by atoms with E-state index in [-0.39, 0.29) is 18.2 Å². The van der Waals surface area contributed by atoms with E-state index in [0.717, 1.165) is 29.0 Å². The first-order chi connectivity index (χ1) is 13.6. The highest BCUT2D eigenvalue weighted by Crippen LogP contribution is 2.33. The van der Waals surface area contributed by atoms with Gasteiger partial charge >= 0.3 is 0 Å². The van der Waals surface area contributed by atoms with E-state index in [1.807, 2.05) is 12.1 Å². The van der Waals surface area contributed by atoms with Gasteiger partial charge in [0.2, 0.25) is 5.91 Å². The molecule has 1 N–H and O–H groups in total. The molecule has 1 saturated heterocycles. The molecule has 3 rings (SSSR count). The monoisotopic (exact) mass is 403 g/mol. The number of benzene rings is 1. The van der Waals surface area contributed by atoms with Gasteiger partial charge < -0.3 is 19.9 Å². The fraction of sp³-hybridized carbons (Fsp3) is 0.571. The van der Waals surface area contributed by atoms with Crippen molar-refractivity contribution >= 4 is 29.9 Å². The van der Waals surface area contributed by atoms with Crippen molar-refractivity contribution in [2.75, 3.05) is 32.4 Å². The first-order valence-corrected chi connectivity index (χ1v) is 11.1. The summed E-state index contributed by atoms with van der Waals surface area (Å²) in [5.41, 5.74) is 1.71. The molecule has 0 saturated carbocycles. The molecular formula is C21H29N3O3S. The van der Waals surface area contributed by atoms with E-state index in [1.165, 1.54) is 32.4 Å². The van der Waals surface area contributed by atoms with Gasteiger partial charge in [0.05, 0.1) is 6.04 Å². The van der Waals surface area contributed by atoms with Crippen molar-refractivity contribution in [1.29, 1.82) is 0 Å². The predicted molar refractivity (Wildman–Crippen MR) is 110 cm³/mol. The van der Waals surface area contributed by atoms with Gasteiger partial charge in [-0.15, -0.1) is 11.8 Å². The molecule has 2 aliphatic rings. The van der Waals surface area contributed by atoms with Crippen LogP contribution in [0.5, 0.6) is 0 Å². The molecule has 1 aromatic carbocycles. The zero-order valence-corrected chi connectivity index (χ0v) is 17.3. The average Bonchev–Trinajstić information content (AvgIpc) is 3.06. The van der Waals surface area contributed by atoms with Crippen molar-refractivity contribution in [1.82, 2.24) is 15.1 Å². The maximum Gasteiger partial charge on any atom is 0.255 e. The number of rotatable bonds is 9. The maximum absolute atomic E-state index is 12.8. The van der Waals surface area contributed by atoms with E-state index in [1.54, 1.807) is 23.7 Å². The Morgan fingerprint density at radius 1 is 1.29 bits per heavy atom. The van der Waals surface area contributed by atoms with Gasteiger partial charge in [0.15, 0.2) is 0 Å². The van der Waals surface area contributed by atoms with Crippen LogP contribution in [0.2, 0.25) is 0 Å². The summed E-state index contributed by atoms with van der Waals surface area (Å²) in [5.74, 6) is 0.769. The minimum absolute atomic E-state index is 0.109. The van der Waals surface area contributed by atoms with Gasteiger partial charge in [-0.05, 0) is 50.0 Å². The topological polar surface area (TPSA) is 69.7 Å². The summed E-state index contributed by atoms with van der Waals surface area (Å²) in [5, 5.41) is 2.56. The molecule has 0 aromatic heterocycles. The Labute approximate surface area is 171 Å².